The van der Waals surface area contributed by atoms with Crippen LogP contribution in [0.15, 0.2) is 12.2 Å². The Bertz CT molecular complexity index is 454. The molecular formula is C19H32O2. The first kappa shape index (κ1) is 15.6. The van der Waals surface area contributed by atoms with Crippen molar-refractivity contribution in [3.05, 3.63) is 12.2 Å². The van der Waals surface area contributed by atoms with Crippen molar-refractivity contribution in [2.45, 2.75) is 78.6 Å². The summed E-state index contributed by atoms with van der Waals surface area (Å²) in [6.45, 7) is 15.3. The van der Waals surface area contributed by atoms with Gasteiger partial charge in [0.25, 0.3) is 0 Å². The van der Waals surface area contributed by atoms with Gasteiger partial charge in [-0.2, -0.15) is 0 Å². The number of ether oxygens (including phenoxy) is 1. The van der Waals surface area contributed by atoms with E-state index in [-0.39, 0.29) is 5.60 Å². The molecule has 2 bridgehead atoms. The zero-order chi connectivity index (χ0) is 15.6. The fourth-order valence-electron chi connectivity index (χ4n) is 6.35. The Morgan fingerprint density at radius 3 is 2.48 bits per heavy atom. The van der Waals surface area contributed by atoms with Crippen LogP contribution in [0.25, 0.3) is 0 Å². The predicted octanol–water partition coefficient (Wildman–Crippen LogP) is 4.53. The summed E-state index contributed by atoms with van der Waals surface area (Å²) < 4.78 is 6.16. The molecule has 0 aromatic heterocycles. The van der Waals surface area contributed by atoms with E-state index in [1.165, 1.54) is 25.7 Å². The Hall–Kier alpha value is -0.340. The molecule has 3 saturated carbocycles. The van der Waals surface area contributed by atoms with Crippen molar-refractivity contribution in [2.24, 2.45) is 28.6 Å². The van der Waals surface area contributed by atoms with Crippen LogP contribution in [0.1, 0.15) is 66.7 Å². The molecule has 1 N–H and O–H groups in total. The molecule has 2 nitrogen and oxygen atoms in total. The molecule has 3 aliphatic rings. The van der Waals surface area contributed by atoms with Crippen LogP contribution in [-0.4, -0.2) is 17.0 Å². The Balaban J connectivity index is 1.91. The topological polar surface area (TPSA) is 29.5 Å². The van der Waals surface area contributed by atoms with E-state index in [4.69, 9.17) is 4.74 Å². The highest BCUT2D eigenvalue weighted by Crippen LogP contribution is 2.73. The molecule has 3 fully saturated rings. The van der Waals surface area contributed by atoms with Crippen LogP contribution in [0.4, 0.5) is 0 Å². The lowest BCUT2D eigenvalue weighted by Gasteiger charge is -2.48. The molecule has 3 rings (SSSR count). The Morgan fingerprint density at radius 1 is 1.19 bits per heavy atom. The van der Waals surface area contributed by atoms with Crippen molar-refractivity contribution < 1.29 is 9.84 Å². The number of fused-ring (bicyclic) bond motifs is 1. The van der Waals surface area contributed by atoms with Crippen molar-refractivity contribution >= 4 is 0 Å². The zero-order valence-electron chi connectivity index (χ0n) is 14.4. The summed E-state index contributed by atoms with van der Waals surface area (Å²) in [7, 11) is 0. The molecule has 0 heterocycles. The van der Waals surface area contributed by atoms with E-state index in [2.05, 4.69) is 34.3 Å². The first-order valence-electron chi connectivity index (χ1n) is 8.65. The normalized spacial score (nSPS) is 49.0. The Morgan fingerprint density at radius 2 is 1.86 bits per heavy atom. The predicted molar refractivity (Wildman–Crippen MR) is 85.8 cm³/mol. The van der Waals surface area contributed by atoms with E-state index in [0.29, 0.717) is 22.3 Å². The molecule has 2 heteroatoms. The second kappa shape index (κ2) is 4.58. The lowest BCUT2D eigenvalue weighted by Crippen LogP contribution is -2.48. The van der Waals surface area contributed by atoms with Gasteiger partial charge in [0.2, 0.25) is 0 Å². The van der Waals surface area contributed by atoms with Crippen LogP contribution in [-0.2, 0) is 4.74 Å². The van der Waals surface area contributed by atoms with Crippen molar-refractivity contribution in [3.63, 3.8) is 0 Å². The van der Waals surface area contributed by atoms with Gasteiger partial charge >= 0.3 is 0 Å². The minimum absolute atomic E-state index is 0.211. The number of hydrogen-bond acceptors (Lipinski definition) is 2. The fourth-order valence-corrected chi connectivity index (χ4v) is 6.35. The minimum Gasteiger partial charge on any atom is -0.364 e. The van der Waals surface area contributed by atoms with Crippen LogP contribution in [0.5, 0.6) is 0 Å². The third kappa shape index (κ3) is 1.98. The summed E-state index contributed by atoms with van der Waals surface area (Å²) in [5.74, 6) is 2.22. The second-order valence-corrected chi connectivity index (χ2v) is 8.97. The maximum atomic E-state index is 10.2. The van der Waals surface area contributed by atoms with E-state index in [1.54, 1.807) is 0 Å². The molecule has 1 spiro atoms. The molecule has 21 heavy (non-hydrogen) atoms. The van der Waals surface area contributed by atoms with E-state index >= 15 is 0 Å². The zero-order valence-corrected chi connectivity index (χ0v) is 14.4. The van der Waals surface area contributed by atoms with Gasteiger partial charge in [0.1, 0.15) is 0 Å². The molecular weight excluding hydrogens is 260 g/mol. The van der Waals surface area contributed by atoms with E-state index in [1.807, 2.05) is 6.92 Å². The molecule has 6 atom stereocenters. The van der Waals surface area contributed by atoms with Gasteiger partial charge < -0.3 is 9.84 Å². The summed E-state index contributed by atoms with van der Waals surface area (Å²) >= 11 is 0. The largest absolute Gasteiger partial charge is 0.364 e. The van der Waals surface area contributed by atoms with E-state index in [9.17, 15) is 5.11 Å². The Kier molecular flexibility index (Phi) is 3.39. The van der Waals surface area contributed by atoms with E-state index in [0.717, 1.165) is 18.3 Å². The third-order valence-corrected chi connectivity index (χ3v) is 7.57. The lowest BCUT2D eigenvalue weighted by molar-refractivity contribution is -0.205. The fraction of sp³-hybridized carbons (Fsp3) is 0.895. The van der Waals surface area contributed by atoms with Gasteiger partial charge in [-0.15, -0.1) is 0 Å². The number of rotatable bonds is 3. The molecule has 0 aromatic rings. The van der Waals surface area contributed by atoms with Crippen LogP contribution in [0, 0.1) is 28.6 Å². The summed E-state index contributed by atoms with van der Waals surface area (Å²) in [5.41, 5.74) is 1.36. The minimum atomic E-state index is -0.822. The SMILES string of the molecule is C=C(C)C(O)OC1(C)CCC23CC1C(C)(C)C2CCC3C. The molecule has 0 radical (unpaired) electrons. The summed E-state index contributed by atoms with van der Waals surface area (Å²) in [6, 6.07) is 0. The molecule has 120 valence electrons. The van der Waals surface area contributed by atoms with Gasteiger partial charge in [-0.25, -0.2) is 0 Å². The molecule has 0 saturated heterocycles. The van der Waals surface area contributed by atoms with Gasteiger partial charge in [0, 0.05) is 0 Å². The van der Waals surface area contributed by atoms with Gasteiger partial charge in [0.05, 0.1) is 5.60 Å². The van der Waals surface area contributed by atoms with Gasteiger partial charge in [-0.1, -0.05) is 27.4 Å². The molecule has 0 amide bonds. The summed E-state index contributed by atoms with van der Waals surface area (Å²) in [5, 5.41) is 10.2. The third-order valence-electron chi connectivity index (χ3n) is 7.57. The standard InChI is InChI=1S/C19H32O2/c1-12(2)16(20)21-18(6)9-10-19-11-15(18)17(4,5)14(19)8-7-13(19)3/h13-16,20H,1,7-11H2,2-6H3. The maximum Gasteiger partial charge on any atom is 0.177 e. The quantitative estimate of drug-likeness (QED) is 0.612. The van der Waals surface area contributed by atoms with Crippen LogP contribution in [0.2, 0.25) is 0 Å². The van der Waals surface area contributed by atoms with Crippen molar-refractivity contribution in [2.75, 3.05) is 0 Å². The monoisotopic (exact) mass is 292 g/mol. The highest BCUT2D eigenvalue weighted by molar-refractivity contribution is 5.17. The average Bonchev–Trinajstić information content (AvgIpc) is 2.80. The average molecular weight is 292 g/mol. The van der Waals surface area contributed by atoms with Crippen molar-refractivity contribution in [1.29, 1.82) is 0 Å². The highest BCUT2D eigenvalue weighted by Gasteiger charge is 2.68. The first-order chi connectivity index (χ1) is 9.63. The van der Waals surface area contributed by atoms with Gasteiger partial charge in [0.15, 0.2) is 6.29 Å². The van der Waals surface area contributed by atoms with E-state index < -0.39 is 6.29 Å². The number of aliphatic hydroxyl groups excluding tert-OH is 1. The molecule has 3 aliphatic carbocycles. The first-order valence-corrected chi connectivity index (χ1v) is 8.65. The molecule has 0 aliphatic heterocycles. The van der Waals surface area contributed by atoms with Crippen LogP contribution < -0.4 is 0 Å². The summed E-state index contributed by atoms with van der Waals surface area (Å²) in [4.78, 5) is 0. The van der Waals surface area contributed by atoms with Crippen LogP contribution >= 0.6 is 0 Å². The lowest BCUT2D eigenvalue weighted by atomic mass is 9.64. The van der Waals surface area contributed by atoms with Crippen molar-refractivity contribution in [1.82, 2.24) is 0 Å². The second-order valence-electron chi connectivity index (χ2n) is 8.97. The smallest absolute Gasteiger partial charge is 0.177 e. The number of aliphatic hydroxyl groups is 1. The molecule has 6 unspecified atom stereocenters. The van der Waals surface area contributed by atoms with Crippen molar-refractivity contribution in [3.8, 4) is 0 Å². The number of hydrogen-bond donors (Lipinski definition) is 1. The van der Waals surface area contributed by atoms with Gasteiger partial charge in [-0.3, -0.25) is 0 Å². The summed E-state index contributed by atoms with van der Waals surface area (Å²) in [6.07, 6.45) is 5.57. The van der Waals surface area contributed by atoms with Crippen LogP contribution in [0.3, 0.4) is 0 Å². The highest BCUT2D eigenvalue weighted by atomic mass is 16.6. The Labute approximate surface area is 130 Å². The maximum absolute atomic E-state index is 10.2. The van der Waals surface area contributed by atoms with Gasteiger partial charge in [-0.05, 0) is 80.1 Å². The molecule has 0 aromatic carbocycles.